The Labute approximate surface area is 202 Å². The molecule has 0 unspecified atom stereocenters. The highest BCUT2D eigenvalue weighted by Crippen LogP contribution is 2.32. The summed E-state index contributed by atoms with van der Waals surface area (Å²) < 4.78 is 3.32. The highest BCUT2D eigenvalue weighted by Gasteiger charge is 2.24. The van der Waals surface area contributed by atoms with E-state index in [-0.39, 0.29) is 5.91 Å². The predicted molar refractivity (Wildman–Crippen MR) is 139 cm³/mol. The van der Waals surface area contributed by atoms with Gasteiger partial charge in [-0.15, -0.1) is 0 Å². The first kappa shape index (κ1) is 22.6. The fourth-order valence-corrected chi connectivity index (χ4v) is 5.00. The summed E-state index contributed by atoms with van der Waals surface area (Å²) in [7, 11) is 0. The first-order valence-corrected chi connectivity index (χ1v) is 12.2. The molecule has 2 heterocycles. The molecule has 32 heavy (non-hydrogen) atoms. The van der Waals surface area contributed by atoms with Crippen LogP contribution in [0.5, 0.6) is 0 Å². The smallest absolute Gasteiger partial charge is 0.264 e. The molecule has 1 fully saturated rings. The van der Waals surface area contributed by atoms with Crippen molar-refractivity contribution in [1.29, 1.82) is 0 Å². The molecule has 0 saturated carbocycles. The standard InChI is InChI=1S/C26H26BrN3OS/c1-6-19-7-9-22(10-8-19)30-17(4)13-20(18(30)5)14-23-25(31)29-26(32-23)28-21-11-15(2)24(27)16(3)12-21/h7-14H,6H2,1-5H3,(H,28,29,31)/b23-14-. The molecule has 2 aromatic carbocycles. The van der Waals surface area contributed by atoms with E-state index in [2.05, 4.69) is 81.9 Å². The predicted octanol–water partition coefficient (Wildman–Crippen LogP) is 6.93. The largest absolute Gasteiger partial charge is 0.318 e. The lowest BCUT2D eigenvalue weighted by Gasteiger charge is -2.10. The molecule has 4 rings (SSSR count). The van der Waals surface area contributed by atoms with E-state index in [1.54, 1.807) is 0 Å². The lowest BCUT2D eigenvalue weighted by atomic mass is 10.1. The highest BCUT2D eigenvalue weighted by atomic mass is 79.9. The second-order valence-corrected chi connectivity index (χ2v) is 9.88. The fraction of sp³-hybridized carbons (Fsp3) is 0.231. The molecule has 1 saturated heterocycles. The van der Waals surface area contributed by atoms with E-state index in [1.165, 1.54) is 17.3 Å². The molecule has 3 aromatic rings. The maximum atomic E-state index is 12.6. The van der Waals surface area contributed by atoms with Crippen molar-refractivity contribution in [3.8, 4) is 5.69 Å². The van der Waals surface area contributed by atoms with Crippen molar-refractivity contribution in [1.82, 2.24) is 9.88 Å². The lowest BCUT2D eigenvalue weighted by Crippen LogP contribution is -2.19. The average molecular weight is 508 g/mol. The van der Waals surface area contributed by atoms with Crippen LogP contribution in [-0.2, 0) is 11.2 Å². The summed E-state index contributed by atoms with van der Waals surface area (Å²) in [6, 6.07) is 14.8. The Morgan fingerprint density at radius 1 is 1.06 bits per heavy atom. The van der Waals surface area contributed by atoms with Crippen molar-refractivity contribution < 1.29 is 4.79 Å². The van der Waals surface area contributed by atoms with Gasteiger partial charge in [0.2, 0.25) is 0 Å². The average Bonchev–Trinajstić information content (AvgIpc) is 3.24. The van der Waals surface area contributed by atoms with E-state index in [0.29, 0.717) is 10.1 Å². The van der Waals surface area contributed by atoms with Crippen LogP contribution >= 0.6 is 27.7 Å². The van der Waals surface area contributed by atoms with Crippen LogP contribution in [0.4, 0.5) is 5.69 Å². The zero-order valence-electron chi connectivity index (χ0n) is 18.9. The van der Waals surface area contributed by atoms with E-state index < -0.39 is 0 Å². The summed E-state index contributed by atoms with van der Waals surface area (Å²) >= 11 is 4.96. The zero-order valence-corrected chi connectivity index (χ0v) is 21.3. The second kappa shape index (κ2) is 9.12. The second-order valence-electron chi connectivity index (χ2n) is 8.06. The van der Waals surface area contributed by atoms with Crippen LogP contribution < -0.4 is 5.32 Å². The van der Waals surface area contributed by atoms with Gasteiger partial charge < -0.3 is 9.88 Å². The number of aromatic nitrogens is 1. The number of aryl methyl sites for hydroxylation is 4. The number of halogens is 1. The van der Waals surface area contributed by atoms with Crippen molar-refractivity contribution in [2.45, 2.75) is 41.0 Å². The Morgan fingerprint density at radius 3 is 2.34 bits per heavy atom. The Bertz CT molecular complexity index is 1250. The Hall–Kier alpha value is -2.57. The quantitative estimate of drug-likeness (QED) is 0.389. The van der Waals surface area contributed by atoms with Crippen molar-refractivity contribution in [2.75, 3.05) is 0 Å². The number of carbonyl (C=O) groups excluding carboxylic acids is 1. The summed E-state index contributed by atoms with van der Waals surface area (Å²) in [5, 5.41) is 3.50. The van der Waals surface area contributed by atoms with Gasteiger partial charge in [0.25, 0.3) is 5.91 Å². The monoisotopic (exact) mass is 507 g/mol. The van der Waals surface area contributed by atoms with Crippen LogP contribution in [0.3, 0.4) is 0 Å². The number of thioether (sulfide) groups is 1. The van der Waals surface area contributed by atoms with Crippen molar-refractivity contribution in [3.63, 3.8) is 0 Å². The third-order valence-electron chi connectivity index (χ3n) is 5.66. The molecule has 1 aliphatic heterocycles. The normalized spacial score (nSPS) is 16.2. The van der Waals surface area contributed by atoms with Gasteiger partial charge in [-0.2, -0.15) is 0 Å². The van der Waals surface area contributed by atoms with Crippen LogP contribution in [0.25, 0.3) is 11.8 Å². The summed E-state index contributed by atoms with van der Waals surface area (Å²) in [5.41, 5.74) is 8.81. The van der Waals surface area contributed by atoms with Crippen molar-refractivity contribution in [3.05, 3.63) is 85.5 Å². The number of hydrogen-bond acceptors (Lipinski definition) is 3. The minimum atomic E-state index is -0.114. The van der Waals surface area contributed by atoms with Crippen molar-refractivity contribution in [2.24, 2.45) is 4.99 Å². The number of hydrogen-bond donors (Lipinski definition) is 1. The number of amidine groups is 1. The molecule has 6 heteroatoms. The topological polar surface area (TPSA) is 46.4 Å². The number of carbonyl (C=O) groups is 1. The van der Waals surface area contributed by atoms with Crippen LogP contribution in [0, 0.1) is 27.7 Å². The Kier molecular flexibility index (Phi) is 6.45. The highest BCUT2D eigenvalue weighted by molar-refractivity contribution is 9.10. The van der Waals surface area contributed by atoms with Crippen molar-refractivity contribution >= 4 is 50.5 Å². The Balaban J connectivity index is 1.63. The van der Waals surface area contributed by atoms with Gasteiger partial charge in [0.1, 0.15) is 0 Å². The molecule has 0 radical (unpaired) electrons. The van der Waals surface area contributed by atoms with Gasteiger partial charge in [-0.25, -0.2) is 4.99 Å². The van der Waals surface area contributed by atoms with E-state index >= 15 is 0 Å². The molecule has 164 valence electrons. The SMILES string of the molecule is CCc1ccc(-n2c(C)cc(/C=C3\SC(=Nc4cc(C)c(Br)c(C)c4)NC3=O)c2C)cc1. The van der Waals surface area contributed by atoms with Crippen LogP contribution in [-0.4, -0.2) is 15.6 Å². The molecule has 0 atom stereocenters. The molecule has 0 spiro atoms. The summed E-state index contributed by atoms with van der Waals surface area (Å²) in [4.78, 5) is 17.9. The fourth-order valence-electron chi connectivity index (χ4n) is 3.94. The van der Waals surface area contributed by atoms with Gasteiger partial charge in [0.05, 0.1) is 10.6 Å². The van der Waals surface area contributed by atoms with Crippen LogP contribution in [0.1, 0.15) is 40.6 Å². The Morgan fingerprint density at radius 2 is 1.72 bits per heavy atom. The number of nitrogens with one attached hydrogen (secondary N) is 1. The third-order valence-corrected chi connectivity index (χ3v) is 7.82. The number of rotatable bonds is 4. The maximum absolute atomic E-state index is 12.6. The molecule has 0 aliphatic carbocycles. The molecule has 1 aromatic heterocycles. The minimum Gasteiger partial charge on any atom is -0.318 e. The first-order valence-electron chi connectivity index (χ1n) is 10.6. The van der Waals surface area contributed by atoms with Crippen LogP contribution in [0.2, 0.25) is 0 Å². The number of amides is 1. The zero-order chi connectivity index (χ0) is 23.0. The number of aliphatic imine (C=N–C) groups is 1. The molecular formula is C26H26BrN3OS. The molecule has 1 aliphatic rings. The van der Waals surface area contributed by atoms with Gasteiger partial charge in [-0.1, -0.05) is 35.0 Å². The molecular weight excluding hydrogens is 482 g/mol. The molecule has 1 amide bonds. The van der Waals surface area contributed by atoms with Gasteiger partial charge in [-0.3, -0.25) is 4.79 Å². The maximum Gasteiger partial charge on any atom is 0.264 e. The van der Waals surface area contributed by atoms with Crippen LogP contribution in [0.15, 0.2) is 56.8 Å². The summed E-state index contributed by atoms with van der Waals surface area (Å²) in [6.07, 6.45) is 2.98. The molecule has 0 bridgehead atoms. The minimum absolute atomic E-state index is 0.114. The summed E-state index contributed by atoms with van der Waals surface area (Å²) in [6.45, 7) is 10.4. The van der Waals surface area contributed by atoms with Gasteiger partial charge in [0, 0.05) is 21.5 Å². The summed E-state index contributed by atoms with van der Waals surface area (Å²) in [5.74, 6) is -0.114. The van der Waals surface area contributed by atoms with E-state index in [4.69, 9.17) is 0 Å². The van der Waals surface area contributed by atoms with E-state index in [9.17, 15) is 4.79 Å². The first-order chi connectivity index (χ1) is 15.3. The van der Waals surface area contributed by atoms with E-state index in [1.807, 2.05) is 32.1 Å². The lowest BCUT2D eigenvalue weighted by molar-refractivity contribution is -0.115. The molecule has 1 N–H and O–H groups in total. The number of benzene rings is 2. The van der Waals surface area contributed by atoms with Gasteiger partial charge in [0.15, 0.2) is 5.17 Å². The number of nitrogens with zero attached hydrogens (tertiary/aromatic N) is 2. The van der Waals surface area contributed by atoms with Gasteiger partial charge in [-0.05, 0) is 105 Å². The molecule has 4 nitrogen and oxygen atoms in total. The van der Waals surface area contributed by atoms with E-state index in [0.717, 1.165) is 50.3 Å². The third kappa shape index (κ3) is 4.48. The van der Waals surface area contributed by atoms with Gasteiger partial charge >= 0.3 is 0 Å².